The Labute approximate surface area is 190 Å². The van der Waals surface area contributed by atoms with Gasteiger partial charge in [0.15, 0.2) is 5.13 Å². The van der Waals surface area contributed by atoms with Crippen LogP contribution in [0, 0.1) is 0 Å². The van der Waals surface area contributed by atoms with E-state index in [1.165, 1.54) is 23.5 Å². The van der Waals surface area contributed by atoms with Crippen molar-refractivity contribution < 1.29 is 18.0 Å². The number of halogens is 3. The minimum absolute atomic E-state index is 0.132. The van der Waals surface area contributed by atoms with Gasteiger partial charge in [-0.15, -0.1) is 11.3 Å². The third-order valence-electron chi connectivity index (χ3n) is 5.11. The number of imidazole rings is 1. The van der Waals surface area contributed by atoms with Crippen LogP contribution >= 0.6 is 11.3 Å². The van der Waals surface area contributed by atoms with Crippen LogP contribution in [0.25, 0.3) is 33.4 Å². The van der Waals surface area contributed by atoms with E-state index in [1.807, 2.05) is 42.5 Å². The number of thiazole rings is 1. The standard InChI is InChI=1S/C24H15F3N4OS/c25-24(26,27)16-10-8-15(9-11-16)19-20(22(32)31-23-28-12-13-33-23)30-21(29-19)18-7-3-5-14-4-1-2-6-17(14)18/h1-13H,(H,29,30)(H,28,31,32). The average molecular weight is 464 g/mol. The van der Waals surface area contributed by atoms with Crippen LogP contribution < -0.4 is 5.32 Å². The predicted octanol–water partition coefficient (Wildman–Crippen LogP) is 6.62. The Hall–Kier alpha value is -3.98. The zero-order valence-corrected chi connectivity index (χ0v) is 17.7. The van der Waals surface area contributed by atoms with E-state index in [-0.39, 0.29) is 11.4 Å². The molecule has 3 aromatic carbocycles. The first-order valence-corrected chi connectivity index (χ1v) is 10.7. The molecule has 0 fully saturated rings. The number of H-pyrrole nitrogens is 1. The van der Waals surface area contributed by atoms with Crippen molar-refractivity contribution >= 4 is 33.1 Å². The maximum absolute atomic E-state index is 13.0. The summed E-state index contributed by atoms with van der Waals surface area (Å²) in [4.78, 5) is 24.8. The van der Waals surface area contributed by atoms with Crippen molar-refractivity contribution in [3.63, 3.8) is 0 Å². The lowest BCUT2D eigenvalue weighted by Crippen LogP contribution is -2.13. The maximum atomic E-state index is 13.0. The number of carbonyl (C=O) groups excluding carboxylic acids is 1. The van der Waals surface area contributed by atoms with Gasteiger partial charge in [-0.3, -0.25) is 10.1 Å². The van der Waals surface area contributed by atoms with Crippen LogP contribution in [-0.2, 0) is 6.18 Å². The first-order valence-electron chi connectivity index (χ1n) is 9.87. The minimum atomic E-state index is -4.46. The molecule has 2 N–H and O–H groups in total. The van der Waals surface area contributed by atoms with Crippen LogP contribution in [0.5, 0.6) is 0 Å². The number of aromatic amines is 1. The van der Waals surface area contributed by atoms with Crippen LogP contribution in [0.2, 0.25) is 0 Å². The number of aromatic nitrogens is 3. The lowest BCUT2D eigenvalue weighted by molar-refractivity contribution is -0.137. The second kappa shape index (κ2) is 8.18. The highest BCUT2D eigenvalue weighted by Crippen LogP contribution is 2.34. The Morgan fingerprint density at radius 2 is 1.73 bits per heavy atom. The summed E-state index contributed by atoms with van der Waals surface area (Å²) >= 11 is 1.25. The molecule has 0 aliphatic carbocycles. The van der Waals surface area contributed by atoms with E-state index in [0.717, 1.165) is 28.5 Å². The van der Waals surface area contributed by atoms with Gasteiger partial charge in [0, 0.05) is 22.7 Å². The molecule has 0 aliphatic heterocycles. The molecule has 33 heavy (non-hydrogen) atoms. The van der Waals surface area contributed by atoms with Gasteiger partial charge in [-0.2, -0.15) is 13.2 Å². The molecule has 0 saturated heterocycles. The van der Waals surface area contributed by atoms with Gasteiger partial charge < -0.3 is 4.98 Å². The molecule has 0 radical (unpaired) electrons. The van der Waals surface area contributed by atoms with Crippen molar-refractivity contribution in [1.82, 2.24) is 15.0 Å². The van der Waals surface area contributed by atoms with Crippen LogP contribution in [0.3, 0.4) is 0 Å². The molecular formula is C24H15F3N4OS. The predicted molar refractivity (Wildman–Crippen MR) is 122 cm³/mol. The number of rotatable bonds is 4. The van der Waals surface area contributed by atoms with E-state index in [2.05, 4.69) is 20.3 Å². The van der Waals surface area contributed by atoms with Gasteiger partial charge in [-0.05, 0) is 22.9 Å². The molecule has 5 nitrogen and oxygen atoms in total. The Bertz CT molecular complexity index is 1440. The Balaban J connectivity index is 1.63. The SMILES string of the molecule is O=C(Nc1nccs1)c1[nH]c(-c2cccc3ccccc23)nc1-c1ccc(C(F)(F)F)cc1. The number of amides is 1. The summed E-state index contributed by atoms with van der Waals surface area (Å²) in [7, 11) is 0. The van der Waals surface area contributed by atoms with Crippen LogP contribution in [0.1, 0.15) is 16.1 Å². The van der Waals surface area contributed by atoms with E-state index in [0.29, 0.717) is 16.5 Å². The van der Waals surface area contributed by atoms with Crippen LogP contribution in [0.15, 0.2) is 78.3 Å². The summed E-state index contributed by atoms with van der Waals surface area (Å²) in [5, 5.41) is 6.76. The molecule has 0 saturated carbocycles. The fourth-order valence-electron chi connectivity index (χ4n) is 3.57. The van der Waals surface area contributed by atoms with Crippen molar-refractivity contribution in [2.75, 3.05) is 5.32 Å². The number of nitrogens with zero attached hydrogens (tertiary/aromatic N) is 2. The molecule has 0 unspecified atom stereocenters. The molecule has 1 amide bonds. The summed E-state index contributed by atoms with van der Waals surface area (Å²) in [5.41, 5.74) is 0.767. The Morgan fingerprint density at radius 1 is 0.970 bits per heavy atom. The third kappa shape index (κ3) is 4.10. The molecular weight excluding hydrogens is 449 g/mol. The lowest BCUT2D eigenvalue weighted by Gasteiger charge is -2.07. The van der Waals surface area contributed by atoms with Gasteiger partial charge in [-0.25, -0.2) is 9.97 Å². The summed E-state index contributed by atoms with van der Waals surface area (Å²) in [6.07, 6.45) is -2.89. The maximum Gasteiger partial charge on any atom is 0.416 e. The quantitative estimate of drug-likeness (QED) is 0.314. The lowest BCUT2D eigenvalue weighted by atomic mass is 10.0. The molecule has 0 atom stereocenters. The van der Waals surface area contributed by atoms with E-state index in [1.54, 1.807) is 11.6 Å². The van der Waals surface area contributed by atoms with Gasteiger partial charge in [0.1, 0.15) is 17.2 Å². The molecule has 2 heterocycles. The number of fused-ring (bicyclic) bond motifs is 1. The van der Waals surface area contributed by atoms with Gasteiger partial charge in [-0.1, -0.05) is 54.6 Å². The Morgan fingerprint density at radius 3 is 2.45 bits per heavy atom. The smallest absolute Gasteiger partial charge is 0.333 e. The fourth-order valence-corrected chi connectivity index (χ4v) is 4.09. The summed E-state index contributed by atoms with van der Waals surface area (Å²) in [6.45, 7) is 0. The highest BCUT2D eigenvalue weighted by molar-refractivity contribution is 7.13. The molecule has 0 bridgehead atoms. The van der Waals surface area contributed by atoms with E-state index < -0.39 is 17.6 Å². The second-order valence-electron chi connectivity index (χ2n) is 7.20. The highest BCUT2D eigenvalue weighted by Gasteiger charge is 2.30. The minimum Gasteiger partial charge on any atom is -0.333 e. The largest absolute Gasteiger partial charge is 0.416 e. The summed E-state index contributed by atoms with van der Waals surface area (Å²) in [5.74, 6) is -0.0511. The average Bonchev–Trinajstić information content (AvgIpc) is 3.48. The van der Waals surface area contributed by atoms with Crippen LogP contribution in [-0.4, -0.2) is 20.9 Å². The van der Waals surface area contributed by atoms with Crippen molar-refractivity contribution in [3.05, 3.63) is 89.6 Å². The van der Waals surface area contributed by atoms with Crippen molar-refractivity contribution in [1.29, 1.82) is 0 Å². The first kappa shape index (κ1) is 20.9. The number of anilines is 1. The van der Waals surface area contributed by atoms with E-state index in [4.69, 9.17) is 0 Å². The zero-order valence-electron chi connectivity index (χ0n) is 16.9. The normalized spacial score (nSPS) is 11.6. The van der Waals surface area contributed by atoms with Gasteiger partial charge in [0.05, 0.1) is 5.56 Å². The van der Waals surface area contributed by atoms with Gasteiger partial charge >= 0.3 is 6.18 Å². The summed E-state index contributed by atoms with van der Waals surface area (Å²) in [6, 6.07) is 18.0. The molecule has 9 heteroatoms. The third-order valence-corrected chi connectivity index (χ3v) is 5.80. The van der Waals surface area contributed by atoms with E-state index >= 15 is 0 Å². The van der Waals surface area contributed by atoms with Crippen molar-refractivity contribution in [2.24, 2.45) is 0 Å². The van der Waals surface area contributed by atoms with Crippen molar-refractivity contribution in [2.45, 2.75) is 6.18 Å². The number of hydrogen-bond donors (Lipinski definition) is 2. The number of hydrogen-bond acceptors (Lipinski definition) is 4. The zero-order chi connectivity index (χ0) is 23.0. The van der Waals surface area contributed by atoms with Crippen LogP contribution in [0.4, 0.5) is 18.3 Å². The fraction of sp³-hybridized carbons (Fsp3) is 0.0417. The molecule has 164 valence electrons. The number of benzene rings is 3. The van der Waals surface area contributed by atoms with E-state index in [9.17, 15) is 18.0 Å². The second-order valence-corrected chi connectivity index (χ2v) is 8.10. The number of nitrogens with one attached hydrogen (secondary N) is 2. The van der Waals surface area contributed by atoms with Gasteiger partial charge in [0.25, 0.3) is 5.91 Å². The topological polar surface area (TPSA) is 70.7 Å². The monoisotopic (exact) mass is 464 g/mol. The molecule has 0 aliphatic rings. The highest BCUT2D eigenvalue weighted by atomic mass is 32.1. The molecule has 5 aromatic rings. The number of carbonyl (C=O) groups is 1. The summed E-state index contributed by atoms with van der Waals surface area (Å²) < 4.78 is 39.1. The molecule has 0 spiro atoms. The van der Waals surface area contributed by atoms with Gasteiger partial charge in [0.2, 0.25) is 0 Å². The molecule has 2 aromatic heterocycles. The van der Waals surface area contributed by atoms with Crippen molar-refractivity contribution in [3.8, 4) is 22.6 Å². The Kier molecular flexibility index (Phi) is 5.18. The first-order chi connectivity index (χ1) is 15.9. The number of alkyl halides is 3. The molecule has 5 rings (SSSR count).